The van der Waals surface area contributed by atoms with Crippen molar-refractivity contribution in [3.8, 4) is 0 Å². The van der Waals surface area contributed by atoms with E-state index >= 15 is 0 Å². The van der Waals surface area contributed by atoms with E-state index in [0.717, 1.165) is 13.1 Å². The monoisotopic (exact) mass is 200 g/mol. The normalized spacial score (nSPS) is 17.1. The second-order valence-electron chi connectivity index (χ2n) is 4.26. The zero-order valence-electron chi connectivity index (χ0n) is 8.84. The van der Waals surface area contributed by atoms with Gasteiger partial charge in [-0.2, -0.15) is 0 Å². The largest absolute Gasteiger partial charge is 0.357 e. The number of aromatic nitrogens is 1. The molecule has 1 aromatic heterocycles. The highest BCUT2D eigenvalue weighted by Crippen LogP contribution is 2.24. The van der Waals surface area contributed by atoms with Crippen LogP contribution in [0.15, 0.2) is 24.3 Å². The molecule has 2 heterocycles. The van der Waals surface area contributed by atoms with Crippen LogP contribution in [0, 0.1) is 0 Å². The first-order valence-corrected chi connectivity index (χ1v) is 5.74. The van der Waals surface area contributed by atoms with E-state index in [1.165, 1.54) is 41.4 Å². The lowest BCUT2D eigenvalue weighted by atomic mass is 10.0. The molecule has 1 aliphatic rings. The molecule has 1 aliphatic heterocycles. The number of aryl methyl sites for hydroxylation is 1. The molecule has 0 saturated carbocycles. The Hall–Kier alpha value is -1.28. The van der Waals surface area contributed by atoms with Crippen molar-refractivity contribution in [2.24, 2.45) is 0 Å². The molecule has 2 heteroatoms. The van der Waals surface area contributed by atoms with E-state index in [0.29, 0.717) is 0 Å². The van der Waals surface area contributed by atoms with Crippen molar-refractivity contribution in [1.82, 2.24) is 10.3 Å². The number of H-pyrrole nitrogens is 1. The Morgan fingerprint density at radius 3 is 3.00 bits per heavy atom. The van der Waals surface area contributed by atoms with E-state index in [1.54, 1.807) is 0 Å². The van der Waals surface area contributed by atoms with Crippen LogP contribution in [0.5, 0.6) is 0 Å². The minimum atomic E-state index is 0.990. The van der Waals surface area contributed by atoms with Gasteiger partial charge in [0.15, 0.2) is 0 Å². The van der Waals surface area contributed by atoms with Crippen LogP contribution in [0.1, 0.15) is 24.1 Å². The summed E-state index contributed by atoms with van der Waals surface area (Å²) in [6.07, 6.45) is 3.81. The highest BCUT2D eigenvalue weighted by atomic mass is 14.9. The summed E-state index contributed by atoms with van der Waals surface area (Å²) in [5, 5.41) is 4.89. The Labute approximate surface area is 89.7 Å². The highest BCUT2D eigenvalue weighted by Gasteiger charge is 2.11. The highest BCUT2D eigenvalue weighted by molar-refractivity contribution is 5.84. The third-order valence-corrected chi connectivity index (χ3v) is 3.23. The van der Waals surface area contributed by atoms with Gasteiger partial charge in [0.1, 0.15) is 0 Å². The molecule has 0 unspecified atom stereocenters. The number of rotatable bonds is 0. The van der Waals surface area contributed by atoms with Crippen molar-refractivity contribution in [2.75, 3.05) is 6.54 Å². The molecule has 0 bridgehead atoms. The van der Waals surface area contributed by atoms with Crippen LogP contribution < -0.4 is 5.32 Å². The van der Waals surface area contributed by atoms with E-state index in [9.17, 15) is 0 Å². The SMILES string of the molecule is c1ccc2c3c([nH]c2c1)CNCCCC3. The summed E-state index contributed by atoms with van der Waals surface area (Å²) in [4.78, 5) is 3.52. The Kier molecular flexibility index (Phi) is 2.22. The van der Waals surface area contributed by atoms with Crippen LogP contribution in [0.3, 0.4) is 0 Å². The minimum Gasteiger partial charge on any atom is -0.357 e. The molecule has 2 nitrogen and oxygen atoms in total. The summed E-state index contributed by atoms with van der Waals surface area (Å²) in [7, 11) is 0. The van der Waals surface area contributed by atoms with Gasteiger partial charge < -0.3 is 10.3 Å². The maximum Gasteiger partial charge on any atom is 0.0459 e. The lowest BCUT2D eigenvalue weighted by Gasteiger charge is -2.10. The van der Waals surface area contributed by atoms with Crippen molar-refractivity contribution >= 4 is 10.9 Å². The van der Waals surface area contributed by atoms with Gasteiger partial charge in [-0.25, -0.2) is 0 Å². The molecule has 2 N–H and O–H groups in total. The molecule has 0 fully saturated rings. The average Bonchev–Trinajstić information content (AvgIpc) is 2.55. The fraction of sp³-hybridized carbons (Fsp3) is 0.385. The Bertz CT molecular complexity index is 470. The first kappa shape index (κ1) is 8.98. The molecular weight excluding hydrogens is 184 g/mol. The fourth-order valence-electron chi connectivity index (χ4n) is 2.46. The van der Waals surface area contributed by atoms with Crippen molar-refractivity contribution in [2.45, 2.75) is 25.8 Å². The van der Waals surface area contributed by atoms with Gasteiger partial charge in [0, 0.05) is 23.1 Å². The zero-order chi connectivity index (χ0) is 10.1. The topological polar surface area (TPSA) is 27.8 Å². The van der Waals surface area contributed by atoms with Crippen molar-refractivity contribution in [3.63, 3.8) is 0 Å². The maximum absolute atomic E-state index is 3.52. The number of aromatic amines is 1. The summed E-state index contributed by atoms with van der Waals surface area (Å²) >= 11 is 0. The van der Waals surface area contributed by atoms with Crippen molar-refractivity contribution < 1.29 is 0 Å². The predicted molar refractivity (Wildman–Crippen MR) is 62.9 cm³/mol. The molecule has 1 aromatic carbocycles. The van der Waals surface area contributed by atoms with Gasteiger partial charge in [-0.3, -0.25) is 0 Å². The van der Waals surface area contributed by atoms with Crippen molar-refractivity contribution in [1.29, 1.82) is 0 Å². The number of hydrogen-bond acceptors (Lipinski definition) is 1. The zero-order valence-corrected chi connectivity index (χ0v) is 8.84. The fourth-order valence-corrected chi connectivity index (χ4v) is 2.46. The third kappa shape index (κ3) is 1.55. The Morgan fingerprint density at radius 2 is 2.00 bits per heavy atom. The molecule has 15 heavy (non-hydrogen) atoms. The molecule has 0 spiro atoms. The maximum atomic E-state index is 3.52. The molecule has 2 aromatic rings. The van der Waals surface area contributed by atoms with Gasteiger partial charge in [0.25, 0.3) is 0 Å². The molecule has 0 radical (unpaired) electrons. The van der Waals surface area contributed by atoms with Gasteiger partial charge in [0.2, 0.25) is 0 Å². The molecule has 0 aliphatic carbocycles. The van der Waals surface area contributed by atoms with Crippen LogP contribution in [0.2, 0.25) is 0 Å². The van der Waals surface area contributed by atoms with E-state index in [-0.39, 0.29) is 0 Å². The second-order valence-corrected chi connectivity index (χ2v) is 4.26. The first-order chi connectivity index (χ1) is 7.45. The smallest absolute Gasteiger partial charge is 0.0459 e. The van der Waals surface area contributed by atoms with E-state index < -0.39 is 0 Å². The van der Waals surface area contributed by atoms with Gasteiger partial charge >= 0.3 is 0 Å². The molecule has 0 amide bonds. The number of fused-ring (bicyclic) bond motifs is 3. The summed E-state index contributed by atoms with van der Waals surface area (Å²) < 4.78 is 0. The summed E-state index contributed by atoms with van der Waals surface area (Å²) in [6.45, 7) is 2.14. The average molecular weight is 200 g/mol. The van der Waals surface area contributed by atoms with E-state index in [4.69, 9.17) is 0 Å². The first-order valence-electron chi connectivity index (χ1n) is 5.74. The number of para-hydroxylation sites is 1. The number of hydrogen-bond donors (Lipinski definition) is 2. The van der Waals surface area contributed by atoms with Crippen LogP contribution in [0.25, 0.3) is 10.9 Å². The number of nitrogens with one attached hydrogen (secondary N) is 2. The summed E-state index contributed by atoms with van der Waals surface area (Å²) in [5.41, 5.74) is 4.19. The molecule has 0 saturated heterocycles. The second kappa shape index (κ2) is 3.70. The van der Waals surface area contributed by atoms with Crippen LogP contribution >= 0.6 is 0 Å². The Balaban J connectivity index is 2.15. The molecule has 3 rings (SSSR count). The molecule has 78 valence electrons. The van der Waals surface area contributed by atoms with Gasteiger partial charge in [0.05, 0.1) is 0 Å². The molecule has 0 atom stereocenters. The van der Waals surface area contributed by atoms with E-state index in [1.807, 2.05) is 0 Å². The lowest BCUT2D eigenvalue weighted by Crippen LogP contribution is -2.18. The molecular formula is C13H16N2. The van der Waals surface area contributed by atoms with Crippen LogP contribution in [-0.4, -0.2) is 11.5 Å². The summed E-state index contributed by atoms with van der Waals surface area (Å²) in [6, 6.07) is 8.62. The van der Waals surface area contributed by atoms with Crippen LogP contribution in [-0.2, 0) is 13.0 Å². The quantitative estimate of drug-likeness (QED) is 0.672. The number of benzene rings is 1. The van der Waals surface area contributed by atoms with Crippen LogP contribution in [0.4, 0.5) is 0 Å². The van der Waals surface area contributed by atoms with Gasteiger partial charge in [-0.05, 0) is 37.4 Å². The minimum absolute atomic E-state index is 0.990. The summed E-state index contributed by atoms with van der Waals surface area (Å²) in [5.74, 6) is 0. The Morgan fingerprint density at radius 1 is 1.07 bits per heavy atom. The van der Waals surface area contributed by atoms with Crippen molar-refractivity contribution in [3.05, 3.63) is 35.5 Å². The van der Waals surface area contributed by atoms with Gasteiger partial charge in [-0.15, -0.1) is 0 Å². The van der Waals surface area contributed by atoms with Gasteiger partial charge in [-0.1, -0.05) is 18.2 Å². The lowest BCUT2D eigenvalue weighted by molar-refractivity contribution is 0.594. The third-order valence-electron chi connectivity index (χ3n) is 3.23. The van der Waals surface area contributed by atoms with E-state index in [2.05, 4.69) is 34.6 Å². The standard InChI is InChI=1S/C13H16N2/c1-2-7-12-10(5-1)11-6-3-4-8-14-9-13(11)15-12/h1-2,5,7,14-15H,3-4,6,8-9H2. The predicted octanol–water partition coefficient (Wildman–Crippen LogP) is 2.59.